The van der Waals surface area contributed by atoms with E-state index in [-0.39, 0.29) is 24.1 Å². The molecular weight excluding hydrogens is 306 g/mol. The van der Waals surface area contributed by atoms with Crippen LogP contribution in [0.3, 0.4) is 0 Å². The number of ether oxygens (including phenoxy) is 2. The fourth-order valence-electron chi connectivity index (χ4n) is 3.82. The summed E-state index contributed by atoms with van der Waals surface area (Å²) in [5.74, 6) is 0.908. The summed E-state index contributed by atoms with van der Waals surface area (Å²) < 4.78 is 11.2. The summed E-state index contributed by atoms with van der Waals surface area (Å²) in [4.78, 5) is 27.1. The van der Waals surface area contributed by atoms with E-state index in [9.17, 15) is 9.59 Å². The molecule has 0 N–H and O–H groups in total. The van der Waals surface area contributed by atoms with E-state index in [4.69, 9.17) is 9.47 Å². The van der Waals surface area contributed by atoms with E-state index in [0.717, 1.165) is 12.8 Å². The van der Waals surface area contributed by atoms with Crippen LogP contribution in [0.5, 0.6) is 0 Å². The third-order valence-corrected chi connectivity index (χ3v) is 5.22. The van der Waals surface area contributed by atoms with Crippen LogP contribution in [0.15, 0.2) is 0 Å². The quantitative estimate of drug-likeness (QED) is 0.764. The lowest BCUT2D eigenvalue weighted by Crippen LogP contribution is -2.60. The van der Waals surface area contributed by atoms with Crippen LogP contribution in [0.4, 0.5) is 4.79 Å². The largest absolute Gasteiger partial charge is 0.444 e. The predicted molar refractivity (Wildman–Crippen MR) is 92.9 cm³/mol. The van der Waals surface area contributed by atoms with Crippen LogP contribution in [0.25, 0.3) is 0 Å². The Balaban J connectivity index is 2.02. The van der Waals surface area contributed by atoms with Gasteiger partial charge >= 0.3 is 6.09 Å². The first-order valence-electron chi connectivity index (χ1n) is 9.36. The number of nitrogens with zero attached hydrogens (tertiary/aromatic N) is 1. The first-order valence-corrected chi connectivity index (χ1v) is 9.36. The van der Waals surface area contributed by atoms with Crippen LogP contribution in [0.1, 0.15) is 66.7 Å². The SMILES string of the molecule is CCC(CC)CC(=O)C1CC2COCC(C1)N2C(=O)OC(C)(C)C. The molecule has 2 unspecified atom stereocenters. The van der Waals surface area contributed by atoms with Gasteiger partial charge in [0.05, 0.1) is 25.3 Å². The minimum Gasteiger partial charge on any atom is -0.444 e. The van der Waals surface area contributed by atoms with Crippen LogP contribution in [0, 0.1) is 11.8 Å². The fourth-order valence-corrected chi connectivity index (χ4v) is 3.82. The van der Waals surface area contributed by atoms with Crippen molar-refractivity contribution in [2.75, 3.05) is 13.2 Å². The van der Waals surface area contributed by atoms with Crippen LogP contribution in [0.2, 0.25) is 0 Å². The van der Waals surface area contributed by atoms with E-state index in [1.807, 2.05) is 25.7 Å². The molecule has 24 heavy (non-hydrogen) atoms. The Labute approximate surface area is 146 Å². The van der Waals surface area contributed by atoms with Crippen molar-refractivity contribution in [3.05, 3.63) is 0 Å². The van der Waals surface area contributed by atoms with Crippen molar-refractivity contribution < 1.29 is 19.1 Å². The Hall–Kier alpha value is -1.10. The molecule has 0 aromatic carbocycles. The summed E-state index contributed by atoms with van der Waals surface area (Å²) in [6.45, 7) is 10.9. The lowest BCUT2D eigenvalue weighted by molar-refractivity contribution is -0.133. The van der Waals surface area contributed by atoms with E-state index in [2.05, 4.69) is 13.8 Å². The number of fused-ring (bicyclic) bond motifs is 2. The van der Waals surface area contributed by atoms with Gasteiger partial charge in [-0.25, -0.2) is 4.79 Å². The molecule has 138 valence electrons. The number of hydrogen-bond acceptors (Lipinski definition) is 4. The number of carbonyl (C=O) groups is 2. The minimum absolute atomic E-state index is 0.0389. The molecule has 2 aliphatic heterocycles. The van der Waals surface area contributed by atoms with Gasteiger partial charge in [-0.3, -0.25) is 9.69 Å². The zero-order valence-corrected chi connectivity index (χ0v) is 15.8. The Morgan fingerprint density at radius 3 is 2.12 bits per heavy atom. The normalized spacial score (nSPS) is 27.2. The highest BCUT2D eigenvalue weighted by Crippen LogP contribution is 2.34. The Morgan fingerprint density at radius 1 is 1.12 bits per heavy atom. The minimum atomic E-state index is -0.506. The van der Waals surface area contributed by atoms with Gasteiger partial charge < -0.3 is 9.47 Å². The molecule has 5 nitrogen and oxygen atoms in total. The molecule has 0 aromatic heterocycles. The third-order valence-electron chi connectivity index (χ3n) is 5.22. The smallest absolute Gasteiger partial charge is 0.410 e. The first kappa shape index (κ1) is 19.2. The maximum Gasteiger partial charge on any atom is 0.410 e. The summed E-state index contributed by atoms with van der Waals surface area (Å²) in [6.07, 6.45) is 3.91. The second-order valence-corrected chi connectivity index (χ2v) is 8.25. The molecule has 5 heteroatoms. The van der Waals surface area contributed by atoms with Crippen LogP contribution >= 0.6 is 0 Å². The van der Waals surface area contributed by atoms with Crippen LogP contribution in [-0.2, 0) is 14.3 Å². The summed E-state index contributed by atoms with van der Waals surface area (Å²) in [5, 5.41) is 0. The summed E-state index contributed by atoms with van der Waals surface area (Å²) in [6, 6.07) is -0.0778. The predicted octanol–water partition coefficient (Wildman–Crippen LogP) is 3.80. The number of piperidine rings is 1. The van der Waals surface area contributed by atoms with Gasteiger partial charge in [0.15, 0.2) is 0 Å². The highest BCUT2D eigenvalue weighted by Gasteiger charge is 2.45. The highest BCUT2D eigenvalue weighted by molar-refractivity contribution is 5.82. The van der Waals surface area contributed by atoms with E-state index < -0.39 is 5.60 Å². The van der Waals surface area contributed by atoms with Crippen molar-refractivity contribution in [2.45, 2.75) is 84.4 Å². The third kappa shape index (κ3) is 4.71. The molecule has 2 atom stereocenters. The zero-order valence-electron chi connectivity index (χ0n) is 15.8. The number of amides is 1. The number of morpholine rings is 1. The van der Waals surface area contributed by atoms with Gasteiger partial charge in [-0.05, 0) is 39.5 Å². The van der Waals surface area contributed by atoms with E-state index in [1.165, 1.54) is 0 Å². The summed E-state index contributed by atoms with van der Waals surface area (Å²) in [7, 11) is 0. The van der Waals surface area contributed by atoms with Gasteiger partial charge in [0.2, 0.25) is 0 Å². The summed E-state index contributed by atoms with van der Waals surface area (Å²) in [5.41, 5.74) is -0.506. The maximum atomic E-state index is 12.7. The fraction of sp³-hybridized carbons (Fsp3) is 0.895. The molecule has 2 bridgehead atoms. The van der Waals surface area contributed by atoms with Gasteiger partial charge in [0, 0.05) is 12.3 Å². The van der Waals surface area contributed by atoms with Crippen LogP contribution in [-0.4, -0.2) is 47.7 Å². The molecule has 2 saturated heterocycles. The molecule has 1 amide bonds. The molecule has 2 rings (SSSR count). The number of rotatable bonds is 5. The van der Waals surface area contributed by atoms with Crippen molar-refractivity contribution >= 4 is 11.9 Å². The number of Topliss-reactive ketones (excluding diaryl/α,β-unsaturated/α-hetero) is 1. The highest BCUT2D eigenvalue weighted by atomic mass is 16.6. The Bertz CT molecular complexity index is 439. The van der Waals surface area contributed by atoms with Gasteiger partial charge in [-0.1, -0.05) is 26.7 Å². The van der Waals surface area contributed by atoms with Crippen molar-refractivity contribution in [3.8, 4) is 0 Å². The van der Waals surface area contributed by atoms with E-state index in [1.54, 1.807) is 0 Å². The first-order chi connectivity index (χ1) is 11.2. The van der Waals surface area contributed by atoms with Crippen molar-refractivity contribution in [2.24, 2.45) is 11.8 Å². The molecule has 2 heterocycles. The van der Waals surface area contributed by atoms with Gasteiger partial charge in [-0.2, -0.15) is 0 Å². The van der Waals surface area contributed by atoms with Gasteiger partial charge in [0.1, 0.15) is 11.4 Å². The number of hydrogen-bond donors (Lipinski definition) is 0. The molecule has 0 saturated carbocycles. The average molecular weight is 339 g/mol. The Kier molecular flexibility index (Phi) is 6.29. The van der Waals surface area contributed by atoms with Gasteiger partial charge in [-0.15, -0.1) is 0 Å². The second-order valence-electron chi connectivity index (χ2n) is 8.25. The lowest BCUT2D eigenvalue weighted by atomic mass is 9.79. The second kappa shape index (κ2) is 7.85. The average Bonchev–Trinajstić information content (AvgIpc) is 2.49. The Morgan fingerprint density at radius 2 is 1.67 bits per heavy atom. The van der Waals surface area contributed by atoms with Crippen LogP contribution < -0.4 is 0 Å². The monoisotopic (exact) mass is 339 g/mol. The lowest BCUT2D eigenvalue weighted by Gasteiger charge is -2.48. The van der Waals surface area contributed by atoms with Gasteiger partial charge in [0.25, 0.3) is 0 Å². The zero-order chi connectivity index (χ0) is 17.9. The summed E-state index contributed by atoms with van der Waals surface area (Å²) >= 11 is 0. The topological polar surface area (TPSA) is 55.8 Å². The molecule has 0 aromatic rings. The molecule has 0 aliphatic carbocycles. The molecular formula is C19H33NO4. The van der Waals surface area contributed by atoms with E-state index in [0.29, 0.717) is 44.2 Å². The van der Waals surface area contributed by atoms with Crippen molar-refractivity contribution in [1.29, 1.82) is 0 Å². The van der Waals surface area contributed by atoms with Crippen molar-refractivity contribution in [3.63, 3.8) is 0 Å². The number of carbonyl (C=O) groups excluding carboxylic acids is 2. The molecule has 2 aliphatic rings. The molecule has 2 fully saturated rings. The van der Waals surface area contributed by atoms with E-state index >= 15 is 0 Å². The molecule has 0 radical (unpaired) electrons. The maximum absolute atomic E-state index is 12.7. The molecule has 0 spiro atoms. The standard InChI is InChI=1S/C19H33NO4/c1-6-13(7-2)8-17(21)14-9-15-11-23-12-16(10-14)20(15)18(22)24-19(3,4)5/h13-16H,6-12H2,1-5H3. The number of ketones is 1. The van der Waals surface area contributed by atoms with Crippen molar-refractivity contribution in [1.82, 2.24) is 4.90 Å².